The average molecular weight is 356 g/mol. The molecule has 0 aliphatic carbocycles. The van der Waals surface area contributed by atoms with Crippen molar-refractivity contribution in [2.75, 3.05) is 11.9 Å². The molecule has 26 heavy (non-hydrogen) atoms. The smallest absolute Gasteiger partial charge is 0.258 e. The largest absolute Gasteiger partial charge is 0.394 e. The minimum Gasteiger partial charge on any atom is -0.394 e. The van der Waals surface area contributed by atoms with Crippen molar-refractivity contribution in [3.63, 3.8) is 0 Å². The van der Waals surface area contributed by atoms with E-state index in [1.54, 1.807) is 11.1 Å². The predicted molar refractivity (Wildman–Crippen MR) is 97.5 cm³/mol. The van der Waals surface area contributed by atoms with E-state index in [2.05, 4.69) is 10.4 Å². The molecular weight excluding hydrogens is 332 g/mol. The number of aromatic nitrogens is 2. The molecular formula is C19H24N4O3. The fraction of sp³-hybridized carbons (Fsp3) is 0.421. The van der Waals surface area contributed by atoms with Crippen molar-refractivity contribution in [2.24, 2.45) is 5.92 Å². The molecule has 1 aromatic heterocycles. The molecule has 7 heteroatoms. The van der Waals surface area contributed by atoms with E-state index in [-0.39, 0.29) is 24.3 Å². The Morgan fingerprint density at radius 2 is 2.19 bits per heavy atom. The van der Waals surface area contributed by atoms with Crippen molar-refractivity contribution in [1.82, 2.24) is 14.7 Å². The lowest BCUT2D eigenvalue weighted by molar-refractivity contribution is -0.122. The summed E-state index contributed by atoms with van der Waals surface area (Å²) in [7, 11) is 0. The van der Waals surface area contributed by atoms with Crippen molar-refractivity contribution < 1.29 is 14.7 Å². The third-order valence-electron chi connectivity index (χ3n) is 4.87. The molecule has 2 N–H and O–H groups in total. The zero-order valence-electron chi connectivity index (χ0n) is 15.1. The molecule has 0 saturated carbocycles. The maximum atomic E-state index is 13.2. The predicted octanol–water partition coefficient (Wildman–Crippen LogP) is 1.88. The molecule has 3 rings (SSSR count). The van der Waals surface area contributed by atoms with Crippen LogP contribution in [0.25, 0.3) is 0 Å². The Kier molecular flexibility index (Phi) is 5.37. The first kappa shape index (κ1) is 18.1. The van der Waals surface area contributed by atoms with Gasteiger partial charge in [-0.05, 0) is 17.5 Å². The second kappa shape index (κ2) is 7.70. The number of benzene rings is 1. The van der Waals surface area contributed by atoms with Crippen molar-refractivity contribution in [3.05, 3.63) is 47.8 Å². The molecule has 0 saturated heterocycles. The molecule has 1 aliphatic heterocycles. The van der Waals surface area contributed by atoms with Crippen molar-refractivity contribution in [1.29, 1.82) is 0 Å². The molecule has 0 bridgehead atoms. The van der Waals surface area contributed by atoms with E-state index in [1.807, 2.05) is 38.1 Å². The van der Waals surface area contributed by atoms with Gasteiger partial charge >= 0.3 is 0 Å². The minimum absolute atomic E-state index is 0.0146. The average Bonchev–Trinajstić information content (AvgIpc) is 3.04. The highest BCUT2D eigenvalue weighted by Crippen LogP contribution is 2.28. The number of para-hydroxylation sites is 1. The SMILES string of the molecule is CC[C@H](C)[C@H]1C(=O)Nc2ccccc2CN1C(=O)c1cnn(CCO)c1. The first-order valence-corrected chi connectivity index (χ1v) is 8.88. The Bertz CT molecular complexity index is 802. The lowest BCUT2D eigenvalue weighted by atomic mass is 9.96. The van der Waals surface area contributed by atoms with Gasteiger partial charge in [-0.1, -0.05) is 38.5 Å². The van der Waals surface area contributed by atoms with Gasteiger partial charge in [0.25, 0.3) is 5.91 Å². The minimum atomic E-state index is -0.555. The van der Waals surface area contributed by atoms with Crippen LogP contribution in [-0.4, -0.2) is 44.3 Å². The summed E-state index contributed by atoms with van der Waals surface area (Å²) in [4.78, 5) is 27.7. The van der Waals surface area contributed by atoms with E-state index in [0.29, 0.717) is 18.7 Å². The number of fused-ring (bicyclic) bond motifs is 1. The first-order valence-electron chi connectivity index (χ1n) is 8.88. The molecule has 2 aromatic rings. The maximum absolute atomic E-state index is 13.2. The lowest BCUT2D eigenvalue weighted by Crippen LogP contribution is -2.48. The fourth-order valence-corrected chi connectivity index (χ4v) is 3.26. The van der Waals surface area contributed by atoms with Crippen LogP contribution in [0.2, 0.25) is 0 Å². The Hall–Kier alpha value is -2.67. The molecule has 0 fully saturated rings. The molecule has 0 radical (unpaired) electrons. The van der Waals surface area contributed by atoms with Crippen LogP contribution in [0.3, 0.4) is 0 Å². The van der Waals surface area contributed by atoms with Gasteiger partial charge in [0.15, 0.2) is 0 Å². The normalized spacial score (nSPS) is 18.0. The number of carbonyl (C=O) groups is 2. The van der Waals surface area contributed by atoms with E-state index >= 15 is 0 Å². The van der Waals surface area contributed by atoms with Gasteiger partial charge in [0.05, 0.1) is 24.9 Å². The molecule has 1 aromatic carbocycles. The van der Waals surface area contributed by atoms with Crippen molar-refractivity contribution in [2.45, 2.75) is 39.4 Å². The molecule has 138 valence electrons. The summed E-state index contributed by atoms with van der Waals surface area (Å²) in [5.41, 5.74) is 2.07. The highest BCUT2D eigenvalue weighted by atomic mass is 16.3. The van der Waals surface area contributed by atoms with E-state index in [0.717, 1.165) is 17.7 Å². The van der Waals surface area contributed by atoms with E-state index < -0.39 is 6.04 Å². The summed E-state index contributed by atoms with van der Waals surface area (Å²) in [5, 5.41) is 16.1. The van der Waals surface area contributed by atoms with E-state index in [1.165, 1.54) is 10.9 Å². The van der Waals surface area contributed by atoms with Gasteiger partial charge in [0, 0.05) is 18.4 Å². The number of carbonyl (C=O) groups excluding carboxylic acids is 2. The molecule has 1 aliphatic rings. The number of hydrogen-bond acceptors (Lipinski definition) is 4. The summed E-state index contributed by atoms with van der Waals surface area (Å²) in [6, 6.07) is 6.99. The zero-order valence-corrected chi connectivity index (χ0v) is 15.1. The summed E-state index contributed by atoms with van der Waals surface area (Å²) >= 11 is 0. The highest BCUT2D eigenvalue weighted by Gasteiger charge is 2.37. The number of amides is 2. The summed E-state index contributed by atoms with van der Waals surface area (Å²) in [6.07, 6.45) is 3.88. The molecule has 0 spiro atoms. The van der Waals surface area contributed by atoms with Gasteiger partial charge in [-0.2, -0.15) is 5.10 Å². The third-order valence-corrected chi connectivity index (χ3v) is 4.87. The Balaban J connectivity index is 1.98. The molecule has 7 nitrogen and oxygen atoms in total. The van der Waals surface area contributed by atoms with E-state index in [4.69, 9.17) is 5.11 Å². The van der Waals surface area contributed by atoms with Crippen LogP contribution in [0.1, 0.15) is 36.2 Å². The van der Waals surface area contributed by atoms with Crippen molar-refractivity contribution in [3.8, 4) is 0 Å². The number of hydrogen-bond donors (Lipinski definition) is 2. The van der Waals surface area contributed by atoms with Gasteiger partial charge < -0.3 is 15.3 Å². The van der Waals surface area contributed by atoms with E-state index in [9.17, 15) is 9.59 Å². The van der Waals surface area contributed by atoms with Crippen LogP contribution in [0.4, 0.5) is 5.69 Å². The standard InChI is InChI=1S/C19H24N4O3/c1-3-13(2)17-18(25)21-16-7-5-4-6-14(16)12-23(17)19(26)15-10-20-22(11-15)8-9-24/h4-7,10-11,13,17,24H,3,8-9,12H2,1-2H3,(H,21,25)/t13-,17-/m0/s1. The zero-order chi connectivity index (χ0) is 18.7. The van der Waals surface area contributed by atoms with Crippen LogP contribution in [0.5, 0.6) is 0 Å². The van der Waals surface area contributed by atoms with Gasteiger partial charge in [0.2, 0.25) is 5.91 Å². The summed E-state index contributed by atoms with van der Waals surface area (Å²) in [5.74, 6) is -0.382. The number of rotatable bonds is 5. The van der Waals surface area contributed by atoms with Crippen LogP contribution in [0, 0.1) is 5.92 Å². The quantitative estimate of drug-likeness (QED) is 0.856. The Morgan fingerprint density at radius 3 is 2.92 bits per heavy atom. The second-order valence-corrected chi connectivity index (χ2v) is 6.63. The second-order valence-electron chi connectivity index (χ2n) is 6.63. The molecule has 0 unspecified atom stereocenters. The van der Waals surface area contributed by atoms with Gasteiger partial charge in [-0.3, -0.25) is 14.3 Å². The number of aliphatic hydroxyl groups is 1. The van der Waals surface area contributed by atoms with Crippen LogP contribution < -0.4 is 5.32 Å². The summed E-state index contributed by atoms with van der Waals surface area (Å²) < 4.78 is 1.53. The lowest BCUT2D eigenvalue weighted by Gasteiger charge is -2.32. The Morgan fingerprint density at radius 1 is 1.42 bits per heavy atom. The highest BCUT2D eigenvalue weighted by molar-refractivity contribution is 6.02. The number of nitrogens with one attached hydrogen (secondary N) is 1. The number of anilines is 1. The van der Waals surface area contributed by atoms with Crippen molar-refractivity contribution >= 4 is 17.5 Å². The number of nitrogens with zero attached hydrogens (tertiary/aromatic N) is 3. The van der Waals surface area contributed by atoms with Crippen LogP contribution >= 0.6 is 0 Å². The van der Waals surface area contributed by atoms with Gasteiger partial charge in [-0.25, -0.2) is 0 Å². The van der Waals surface area contributed by atoms with Crippen LogP contribution in [0.15, 0.2) is 36.7 Å². The molecule has 2 atom stereocenters. The summed E-state index contributed by atoms with van der Waals surface area (Å²) in [6.45, 7) is 4.62. The Labute approximate surface area is 152 Å². The first-order chi connectivity index (χ1) is 12.5. The fourth-order valence-electron chi connectivity index (χ4n) is 3.26. The number of aliphatic hydroxyl groups excluding tert-OH is 1. The van der Waals surface area contributed by atoms with Gasteiger partial charge in [0.1, 0.15) is 6.04 Å². The third kappa shape index (κ3) is 3.48. The van der Waals surface area contributed by atoms with Gasteiger partial charge in [-0.15, -0.1) is 0 Å². The molecule has 2 heterocycles. The topological polar surface area (TPSA) is 87.5 Å². The maximum Gasteiger partial charge on any atom is 0.258 e. The monoisotopic (exact) mass is 356 g/mol. The molecule has 2 amide bonds. The van der Waals surface area contributed by atoms with Crippen LogP contribution in [-0.2, 0) is 17.9 Å².